The fraction of sp³-hybridized carbons (Fsp3) is 0.917. The lowest BCUT2D eigenvalue weighted by atomic mass is 9.88. The van der Waals surface area contributed by atoms with Crippen LogP contribution in [-0.4, -0.2) is 47.7 Å². The number of nitrogens with zero attached hydrogens (tertiary/aromatic N) is 1. The third kappa shape index (κ3) is 1.84. The van der Waals surface area contributed by atoms with Crippen LogP contribution in [0.25, 0.3) is 0 Å². The first-order chi connectivity index (χ1) is 7.67. The maximum atomic E-state index is 11.9. The van der Waals surface area contributed by atoms with Crippen LogP contribution in [0.1, 0.15) is 25.7 Å². The van der Waals surface area contributed by atoms with Crippen LogP contribution >= 0.6 is 0 Å². The lowest BCUT2D eigenvalue weighted by molar-refractivity contribution is -0.160. The highest BCUT2D eigenvalue weighted by molar-refractivity contribution is 5.77. The summed E-state index contributed by atoms with van der Waals surface area (Å²) < 4.78 is 0. The van der Waals surface area contributed by atoms with Crippen molar-refractivity contribution in [2.45, 2.75) is 31.3 Å². The molecule has 2 saturated heterocycles. The average molecular weight is 224 g/mol. The second-order valence-corrected chi connectivity index (χ2v) is 5.69. The van der Waals surface area contributed by atoms with Crippen LogP contribution in [0.5, 0.6) is 0 Å². The molecule has 16 heavy (non-hydrogen) atoms. The smallest absolute Gasteiger partial charge is 0.223 e. The Hall–Kier alpha value is -0.610. The molecular weight excluding hydrogens is 204 g/mol. The van der Waals surface area contributed by atoms with Gasteiger partial charge in [-0.05, 0) is 44.2 Å². The lowest BCUT2D eigenvalue weighted by Gasteiger charge is -2.47. The molecule has 1 unspecified atom stereocenters. The maximum Gasteiger partial charge on any atom is 0.223 e. The van der Waals surface area contributed by atoms with Crippen molar-refractivity contribution in [2.24, 2.45) is 11.8 Å². The van der Waals surface area contributed by atoms with Crippen molar-refractivity contribution in [2.75, 3.05) is 26.2 Å². The van der Waals surface area contributed by atoms with Crippen LogP contribution < -0.4 is 5.32 Å². The number of hydrogen-bond acceptors (Lipinski definition) is 3. The van der Waals surface area contributed by atoms with Gasteiger partial charge in [-0.15, -0.1) is 0 Å². The Labute approximate surface area is 96.0 Å². The van der Waals surface area contributed by atoms with Crippen molar-refractivity contribution in [1.29, 1.82) is 0 Å². The minimum atomic E-state index is -0.524. The molecule has 1 amide bonds. The number of nitrogens with one attached hydrogen (secondary N) is 1. The zero-order chi connectivity index (χ0) is 11.2. The van der Waals surface area contributed by atoms with Gasteiger partial charge in [0, 0.05) is 6.42 Å². The third-order valence-electron chi connectivity index (χ3n) is 4.24. The maximum absolute atomic E-state index is 11.9. The largest absolute Gasteiger partial charge is 0.386 e. The molecule has 3 fully saturated rings. The molecule has 2 heterocycles. The van der Waals surface area contributed by atoms with Crippen LogP contribution in [0.4, 0.5) is 0 Å². The Bertz CT molecular complexity index is 289. The highest BCUT2D eigenvalue weighted by Gasteiger charge is 2.53. The minimum absolute atomic E-state index is 0.235. The molecule has 3 rings (SSSR count). The summed E-state index contributed by atoms with van der Waals surface area (Å²) in [5, 5.41) is 13.4. The number of aliphatic hydroxyl groups is 1. The number of amides is 1. The summed E-state index contributed by atoms with van der Waals surface area (Å²) in [5.74, 6) is 1.23. The first kappa shape index (κ1) is 10.5. The standard InChI is InChI=1S/C12H20N2O2/c15-11(5-9-3-4-13-6-9)14-7-12(16,8-14)10-1-2-10/h9-10,13,16H,1-8H2. The second kappa shape index (κ2) is 3.70. The van der Waals surface area contributed by atoms with Gasteiger partial charge in [0.25, 0.3) is 0 Å². The van der Waals surface area contributed by atoms with Crippen LogP contribution in [0.15, 0.2) is 0 Å². The van der Waals surface area contributed by atoms with Gasteiger partial charge in [0.15, 0.2) is 0 Å². The molecule has 1 aliphatic carbocycles. The van der Waals surface area contributed by atoms with Gasteiger partial charge in [0.1, 0.15) is 5.60 Å². The van der Waals surface area contributed by atoms with E-state index in [-0.39, 0.29) is 5.91 Å². The predicted molar refractivity (Wildman–Crippen MR) is 59.8 cm³/mol. The molecule has 90 valence electrons. The third-order valence-corrected chi connectivity index (χ3v) is 4.24. The number of β-amino-alcohol motifs (C(OH)–C–C–N with tert-alkyl or cyclic N) is 1. The van der Waals surface area contributed by atoms with E-state index < -0.39 is 5.60 Å². The molecule has 4 nitrogen and oxygen atoms in total. The summed E-state index contributed by atoms with van der Waals surface area (Å²) in [6.07, 6.45) is 4.07. The van der Waals surface area contributed by atoms with Crippen molar-refractivity contribution >= 4 is 5.91 Å². The van der Waals surface area contributed by atoms with Crippen LogP contribution in [0, 0.1) is 11.8 Å². The molecule has 1 saturated carbocycles. The van der Waals surface area contributed by atoms with Gasteiger partial charge in [-0.2, -0.15) is 0 Å². The van der Waals surface area contributed by atoms with Crippen molar-refractivity contribution in [3.05, 3.63) is 0 Å². The highest BCUT2D eigenvalue weighted by atomic mass is 16.3. The molecule has 0 radical (unpaired) electrons. The van der Waals surface area contributed by atoms with Gasteiger partial charge in [-0.25, -0.2) is 0 Å². The number of carbonyl (C=O) groups is 1. The summed E-state index contributed by atoms with van der Waals surface area (Å²) >= 11 is 0. The van der Waals surface area contributed by atoms with Crippen molar-refractivity contribution in [3.8, 4) is 0 Å². The molecule has 1 atom stereocenters. The quantitative estimate of drug-likeness (QED) is 0.708. The van der Waals surface area contributed by atoms with E-state index in [9.17, 15) is 9.90 Å². The van der Waals surface area contributed by atoms with Crippen LogP contribution in [-0.2, 0) is 4.79 Å². The van der Waals surface area contributed by atoms with E-state index >= 15 is 0 Å². The van der Waals surface area contributed by atoms with Gasteiger partial charge >= 0.3 is 0 Å². The average Bonchev–Trinajstić information content (AvgIpc) is 2.94. The molecular formula is C12H20N2O2. The predicted octanol–water partition coefficient (Wildman–Crippen LogP) is -0.0307. The van der Waals surface area contributed by atoms with Crippen molar-refractivity contribution in [3.63, 3.8) is 0 Å². The van der Waals surface area contributed by atoms with E-state index in [2.05, 4.69) is 5.32 Å². The summed E-state index contributed by atoms with van der Waals surface area (Å²) in [7, 11) is 0. The molecule has 4 heteroatoms. The number of likely N-dealkylation sites (tertiary alicyclic amines) is 1. The minimum Gasteiger partial charge on any atom is -0.386 e. The Balaban J connectivity index is 1.46. The molecule has 0 aromatic rings. The Morgan fingerprint density at radius 2 is 2.12 bits per heavy atom. The van der Waals surface area contributed by atoms with E-state index in [1.54, 1.807) is 0 Å². The Morgan fingerprint density at radius 1 is 1.38 bits per heavy atom. The van der Waals surface area contributed by atoms with Gasteiger partial charge in [-0.1, -0.05) is 0 Å². The van der Waals surface area contributed by atoms with E-state index in [0.717, 1.165) is 32.4 Å². The molecule has 0 aromatic heterocycles. The summed E-state index contributed by atoms with van der Waals surface area (Å²) in [6.45, 7) is 3.18. The zero-order valence-electron chi connectivity index (χ0n) is 9.61. The molecule has 0 spiro atoms. The molecule has 0 aromatic carbocycles. The fourth-order valence-electron chi connectivity index (χ4n) is 2.93. The van der Waals surface area contributed by atoms with Gasteiger partial charge in [-0.3, -0.25) is 4.79 Å². The fourth-order valence-corrected chi connectivity index (χ4v) is 2.93. The number of carbonyl (C=O) groups excluding carboxylic acids is 1. The number of rotatable bonds is 3. The Morgan fingerprint density at radius 3 is 2.69 bits per heavy atom. The first-order valence-electron chi connectivity index (χ1n) is 6.38. The SMILES string of the molecule is O=C(CC1CCNC1)N1CC(O)(C2CC2)C1. The van der Waals surface area contributed by atoms with Crippen molar-refractivity contribution in [1.82, 2.24) is 10.2 Å². The first-order valence-corrected chi connectivity index (χ1v) is 6.38. The van der Waals surface area contributed by atoms with Crippen LogP contribution in [0.3, 0.4) is 0 Å². The van der Waals surface area contributed by atoms with E-state index in [4.69, 9.17) is 0 Å². The van der Waals surface area contributed by atoms with Gasteiger partial charge < -0.3 is 15.3 Å². The molecule has 3 aliphatic rings. The van der Waals surface area contributed by atoms with Crippen LogP contribution in [0.2, 0.25) is 0 Å². The lowest BCUT2D eigenvalue weighted by Crippen LogP contribution is -2.64. The van der Waals surface area contributed by atoms with Gasteiger partial charge in [0.2, 0.25) is 5.91 Å². The normalized spacial score (nSPS) is 32.6. The molecule has 2 N–H and O–H groups in total. The Kier molecular flexibility index (Phi) is 2.44. The summed E-state index contributed by atoms with van der Waals surface area (Å²) in [4.78, 5) is 13.7. The van der Waals surface area contributed by atoms with E-state index in [0.29, 0.717) is 31.3 Å². The molecule has 0 bridgehead atoms. The van der Waals surface area contributed by atoms with Crippen molar-refractivity contribution < 1.29 is 9.90 Å². The summed E-state index contributed by atoms with van der Waals surface area (Å²) in [6, 6.07) is 0. The van der Waals surface area contributed by atoms with E-state index in [1.165, 1.54) is 0 Å². The van der Waals surface area contributed by atoms with E-state index in [1.807, 2.05) is 4.90 Å². The number of hydrogen-bond donors (Lipinski definition) is 2. The summed E-state index contributed by atoms with van der Waals surface area (Å²) in [5.41, 5.74) is -0.524. The zero-order valence-corrected chi connectivity index (χ0v) is 9.61. The monoisotopic (exact) mass is 224 g/mol. The topological polar surface area (TPSA) is 52.6 Å². The van der Waals surface area contributed by atoms with Gasteiger partial charge in [0.05, 0.1) is 13.1 Å². The molecule has 2 aliphatic heterocycles. The second-order valence-electron chi connectivity index (χ2n) is 5.69. The highest BCUT2D eigenvalue weighted by Crippen LogP contribution is 2.44.